The van der Waals surface area contributed by atoms with Gasteiger partial charge in [-0.3, -0.25) is 4.79 Å². The number of oxime groups is 1. The molecule has 1 aliphatic carbocycles. The molecule has 1 saturated carbocycles. The summed E-state index contributed by atoms with van der Waals surface area (Å²) >= 11 is 8.01. The van der Waals surface area contributed by atoms with Gasteiger partial charge in [-0.2, -0.15) is 0 Å². The van der Waals surface area contributed by atoms with Crippen LogP contribution in [-0.4, -0.2) is 42.3 Å². The number of aryl methyl sites for hydroxylation is 2. The van der Waals surface area contributed by atoms with Crippen LogP contribution in [0, 0.1) is 6.92 Å². The zero-order valence-electron chi connectivity index (χ0n) is 21.7. The minimum atomic E-state index is -0.569. The molecule has 0 unspecified atom stereocenters. The number of halogens is 1. The van der Waals surface area contributed by atoms with E-state index in [2.05, 4.69) is 41.2 Å². The molecular weight excluding hydrogens is 518 g/mol. The number of ether oxygens (including phenoxy) is 1. The number of carbonyl (C=O) groups is 1. The van der Waals surface area contributed by atoms with E-state index in [0.717, 1.165) is 33.9 Å². The Labute approximate surface area is 233 Å². The van der Waals surface area contributed by atoms with Crippen LogP contribution >= 0.6 is 22.9 Å². The molecule has 2 aromatic carbocycles. The molecule has 2 aliphatic heterocycles. The van der Waals surface area contributed by atoms with E-state index in [0.29, 0.717) is 12.7 Å². The number of primary amides is 1. The lowest BCUT2D eigenvalue weighted by molar-refractivity contribution is -0.112. The molecule has 0 atom stereocenters. The van der Waals surface area contributed by atoms with Crippen molar-refractivity contribution in [2.45, 2.75) is 58.2 Å². The van der Waals surface area contributed by atoms with Gasteiger partial charge in [-0.1, -0.05) is 35.0 Å². The van der Waals surface area contributed by atoms with E-state index in [1.807, 2.05) is 24.3 Å². The first-order chi connectivity index (χ1) is 18.5. The fourth-order valence-electron chi connectivity index (χ4n) is 4.75. The standard InChI is InChI=1S/C16H22ClNO.C14H12N2O2S/c17-15-12-13(4-3-11-18-9-1-2-10-18)5-8-16(15)19-14-6-7-14;1-8-2-5-12(19-8)9-3-4-11-10(6-9)7-18-16-13(11)14(15)17/h5,8,12,14H,1-4,6-7,9-11H2;2-6H,7H2,1H3,(H2,15,17). The number of hydrogen-bond acceptors (Lipinski definition) is 6. The molecule has 1 amide bonds. The quantitative estimate of drug-likeness (QED) is 0.354. The van der Waals surface area contributed by atoms with Crippen molar-refractivity contribution in [1.29, 1.82) is 0 Å². The van der Waals surface area contributed by atoms with E-state index in [1.54, 1.807) is 11.3 Å². The highest BCUT2D eigenvalue weighted by molar-refractivity contribution is 7.15. The highest BCUT2D eigenvalue weighted by Gasteiger charge is 2.24. The van der Waals surface area contributed by atoms with Crippen LogP contribution in [0.5, 0.6) is 5.75 Å². The van der Waals surface area contributed by atoms with Crippen molar-refractivity contribution >= 4 is 34.6 Å². The van der Waals surface area contributed by atoms with Crippen LogP contribution in [0.1, 0.15) is 53.7 Å². The number of benzene rings is 2. The van der Waals surface area contributed by atoms with E-state index in [4.69, 9.17) is 26.9 Å². The second-order valence-electron chi connectivity index (χ2n) is 10.1. The molecule has 8 heteroatoms. The molecule has 0 bridgehead atoms. The second kappa shape index (κ2) is 12.3. The summed E-state index contributed by atoms with van der Waals surface area (Å²) < 4.78 is 5.76. The second-order valence-corrected chi connectivity index (χ2v) is 11.8. The molecule has 0 spiro atoms. The van der Waals surface area contributed by atoms with Crippen LogP contribution in [0.3, 0.4) is 0 Å². The predicted octanol–water partition coefficient (Wildman–Crippen LogP) is 6.35. The molecule has 0 radical (unpaired) electrons. The summed E-state index contributed by atoms with van der Waals surface area (Å²) in [6.45, 7) is 6.24. The van der Waals surface area contributed by atoms with Crippen LogP contribution in [0.2, 0.25) is 5.02 Å². The molecule has 38 heavy (non-hydrogen) atoms. The van der Waals surface area contributed by atoms with Crippen molar-refractivity contribution in [2.75, 3.05) is 19.6 Å². The highest BCUT2D eigenvalue weighted by atomic mass is 35.5. The van der Waals surface area contributed by atoms with Gasteiger partial charge < -0.3 is 20.2 Å². The van der Waals surface area contributed by atoms with Gasteiger partial charge >= 0.3 is 0 Å². The maximum absolute atomic E-state index is 11.3. The molecule has 3 aromatic rings. The van der Waals surface area contributed by atoms with Crippen molar-refractivity contribution in [3.63, 3.8) is 0 Å². The number of nitrogens with two attached hydrogens (primary N) is 1. The van der Waals surface area contributed by atoms with Crippen LogP contribution in [0.4, 0.5) is 0 Å². The summed E-state index contributed by atoms with van der Waals surface area (Å²) in [6, 6.07) is 16.3. The maximum Gasteiger partial charge on any atom is 0.271 e. The fourth-order valence-corrected chi connectivity index (χ4v) is 5.87. The van der Waals surface area contributed by atoms with E-state index in [9.17, 15) is 4.79 Å². The number of fused-ring (bicyclic) bond motifs is 1. The Hall–Kier alpha value is -2.87. The number of carbonyl (C=O) groups excluding carboxylic acids is 1. The minimum absolute atomic E-state index is 0.190. The molecule has 1 saturated heterocycles. The van der Waals surface area contributed by atoms with Crippen molar-refractivity contribution in [3.8, 4) is 16.2 Å². The maximum atomic E-state index is 11.3. The Morgan fingerprint density at radius 3 is 2.66 bits per heavy atom. The van der Waals surface area contributed by atoms with Gasteiger partial charge in [-0.25, -0.2) is 0 Å². The third-order valence-electron chi connectivity index (χ3n) is 6.95. The van der Waals surface area contributed by atoms with Crippen molar-refractivity contribution in [2.24, 2.45) is 10.9 Å². The number of amides is 1. The summed E-state index contributed by atoms with van der Waals surface area (Å²) in [5.74, 6) is 0.285. The molecule has 3 heterocycles. The lowest BCUT2D eigenvalue weighted by Gasteiger charge is -2.15. The number of likely N-dealkylation sites (tertiary alicyclic amines) is 1. The Morgan fingerprint density at radius 1 is 1.16 bits per heavy atom. The molecule has 2 fully saturated rings. The van der Waals surface area contributed by atoms with Gasteiger partial charge in [0.25, 0.3) is 5.91 Å². The summed E-state index contributed by atoms with van der Waals surface area (Å²) in [6.07, 6.45) is 7.84. The normalized spacial score (nSPS) is 16.6. The number of rotatable bonds is 8. The number of thiophene rings is 1. The van der Waals surface area contributed by atoms with Crippen molar-refractivity contribution < 1.29 is 14.4 Å². The zero-order chi connectivity index (χ0) is 26.5. The first kappa shape index (κ1) is 26.7. The van der Waals surface area contributed by atoms with E-state index in [1.165, 1.54) is 67.1 Å². The van der Waals surface area contributed by atoms with Gasteiger partial charge in [0.15, 0.2) is 5.71 Å². The van der Waals surface area contributed by atoms with Crippen LogP contribution in [0.15, 0.2) is 53.7 Å². The predicted molar refractivity (Wildman–Crippen MR) is 154 cm³/mol. The van der Waals surface area contributed by atoms with Gasteiger partial charge in [0.1, 0.15) is 12.4 Å². The molecule has 2 N–H and O–H groups in total. The monoisotopic (exact) mass is 551 g/mol. The van der Waals surface area contributed by atoms with Gasteiger partial charge in [-0.15, -0.1) is 11.3 Å². The third-order valence-corrected chi connectivity index (χ3v) is 8.29. The first-order valence-corrected chi connectivity index (χ1v) is 14.5. The van der Waals surface area contributed by atoms with Gasteiger partial charge in [0.2, 0.25) is 0 Å². The largest absolute Gasteiger partial charge is 0.489 e. The minimum Gasteiger partial charge on any atom is -0.489 e. The van der Waals surface area contributed by atoms with Gasteiger partial charge in [0, 0.05) is 20.9 Å². The summed E-state index contributed by atoms with van der Waals surface area (Å²) in [5.41, 5.74) is 9.62. The average molecular weight is 552 g/mol. The van der Waals surface area contributed by atoms with Crippen LogP contribution in [-0.2, 0) is 22.7 Å². The molecule has 1 aromatic heterocycles. The average Bonchev–Trinajstić information content (AvgIpc) is 3.37. The number of hydrogen-bond donors (Lipinski definition) is 1. The molecule has 6 nitrogen and oxygen atoms in total. The Morgan fingerprint density at radius 2 is 1.97 bits per heavy atom. The Bertz CT molecular complexity index is 1310. The summed E-state index contributed by atoms with van der Waals surface area (Å²) in [4.78, 5) is 21.4. The highest BCUT2D eigenvalue weighted by Crippen LogP contribution is 2.33. The summed E-state index contributed by atoms with van der Waals surface area (Å²) in [5, 5.41) is 4.49. The molecule has 200 valence electrons. The van der Waals surface area contributed by atoms with E-state index in [-0.39, 0.29) is 5.71 Å². The lowest BCUT2D eigenvalue weighted by atomic mass is 9.99. The van der Waals surface area contributed by atoms with Gasteiger partial charge in [0.05, 0.1) is 11.1 Å². The van der Waals surface area contributed by atoms with Crippen LogP contribution in [0.25, 0.3) is 10.4 Å². The Balaban J connectivity index is 0.000000155. The Kier molecular flexibility index (Phi) is 8.67. The zero-order valence-corrected chi connectivity index (χ0v) is 23.3. The lowest BCUT2D eigenvalue weighted by Crippen LogP contribution is -2.27. The van der Waals surface area contributed by atoms with Crippen LogP contribution < -0.4 is 10.5 Å². The third kappa shape index (κ3) is 6.95. The molecular formula is C30H34ClN3O3S. The van der Waals surface area contributed by atoms with Gasteiger partial charge in [-0.05, 0) is 107 Å². The number of nitrogens with zero attached hydrogens (tertiary/aromatic N) is 2. The molecule has 3 aliphatic rings. The van der Waals surface area contributed by atoms with E-state index < -0.39 is 5.91 Å². The van der Waals surface area contributed by atoms with Crippen molar-refractivity contribution in [1.82, 2.24) is 4.90 Å². The molecule has 6 rings (SSSR count). The van der Waals surface area contributed by atoms with E-state index >= 15 is 0 Å². The fraction of sp³-hybridized carbons (Fsp3) is 0.400. The topological polar surface area (TPSA) is 77.2 Å². The smallest absolute Gasteiger partial charge is 0.271 e. The van der Waals surface area contributed by atoms with Crippen molar-refractivity contribution in [3.05, 3.63) is 75.1 Å². The summed E-state index contributed by atoms with van der Waals surface area (Å²) in [7, 11) is 0. The SMILES string of the molecule is Cc1ccc(-c2ccc3c(c2)CON=C3C(N)=O)s1.Clc1cc(CCCN2CCCC2)ccc1OC1CC1. The first-order valence-electron chi connectivity index (χ1n) is 13.3.